The molecule has 0 amide bonds. The maximum absolute atomic E-state index is 11.7. The summed E-state index contributed by atoms with van der Waals surface area (Å²) in [5.74, 6) is 0.446. The van der Waals surface area contributed by atoms with Gasteiger partial charge in [-0.05, 0) is 31.0 Å². The summed E-state index contributed by atoms with van der Waals surface area (Å²) in [6.45, 7) is 0.706. The molecule has 0 bridgehead atoms. The van der Waals surface area contributed by atoms with Crippen LogP contribution in [0.2, 0.25) is 4.34 Å². The molecule has 1 N–H and O–H groups in total. The van der Waals surface area contributed by atoms with Crippen LogP contribution in [0.4, 0.5) is 0 Å². The summed E-state index contributed by atoms with van der Waals surface area (Å²) in [5, 5.41) is 9.64. The van der Waals surface area contributed by atoms with Gasteiger partial charge in [0.25, 0.3) is 0 Å². The van der Waals surface area contributed by atoms with Crippen molar-refractivity contribution in [3.05, 3.63) is 45.1 Å². The van der Waals surface area contributed by atoms with Crippen molar-refractivity contribution in [3.8, 4) is 11.5 Å². The highest BCUT2D eigenvalue weighted by Gasteiger charge is 2.38. The zero-order valence-electron chi connectivity index (χ0n) is 14.1. The number of nitrogens with zero attached hydrogens (tertiary/aromatic N) is 1. The Balaban J connectivity index is 2.14. The number of halogens is 1. The van der Waals surface area contributed by atoms with Crippen molar-refractivity contribution in [1.29, 1.82) is 0 Å². The van der Waals surface area contributed by atoms with Gasteiger partial charge in [-0.2, -0.15) is 0 Å². The lowest BCUT2D eigenvalue weighted by Crippen LogP contribution is -2.39. The molecule has 5 nitrogen and oxygen atoms in total. The van der Waals surface area contributed by atoms with E-state index >= 15 is 0 Å². The quantitative estimate of drug-likeness (QED) is 0.817. The van der Waals surface area contributed by atoms with E-state index in [0.29, 0.717) is 28.8 Å². The largest absolute Gasteiger partial charge is 0.493 e. The lowest BCUT2D eigenvalue weighted by Gasteiger charge is -2.32. The van der Waals surface area contributed by atoms with E-state index in [2.05, 4.69) is 0 Å². The van der Waals surface area contributed by atoms with E-state index in [1.165, 1.54) is 11.3 Å². The van der Waals surface area contributed by atoms with E-state index in [9.17, 15) is 9.90 Å². The molecule has 2 atom stereocenters. The highest BCUT2D eigenvalue weighted by Crippen LogP contribution is 2.44. The molecule has 2 unspecified atom stereocenters. The molecular weight excluding hydrogens is 362 g/mol. The lowest BCUT2D eigenvalue weighted by molar-refractivity contribution is -0.142. The third kappa shape index (κ3) is 3.47. The second kappa shape index (κ2) is 7.64. The molecule has 2 aromatic rings. The number of benzene rings is 1. The summed E-state index contributed by atoms with van der Waals surface area (Å²) in [6.07, 6.45) is 1.48. The van der Waals surface area contributed by atoms with Crippen molar-refractivity contribution in [2.75, 3.05) is 20.8 Å². The summed E-state index contributed by atoms with van der Waals surface area (Å²) >= 11 is 7.62. The maximum atomic E-state index is 11.7. The first kappa shape index (κ1) is 18.0. The number of hydrogen-bond acceptors (Lipinski definition) is 5. The van der Waals surface area contributed by atoms with Crippen molar-refractivity contribution in [1.82, 2.24) is 4.90 Å². The van der Waals surface area contributed by atoms with Crippen LogP contribution in [0.3, 0.4) is 0 Å². The van der Waals surface area contributed by atoms with Crippen molar-refractivity contribution in [2.24, 2.45) is 0 Å². The Morgan fingerprint density at radius 1 is 1.32 bits per heavy atom. The van der Waals surface area contributed by atoms with Gasteiger partial charge in [0.15, 0.2) is 11.5 Å². The number of ether oxygens (including phenoxy) is 2. The standard InChI is InChI=1S/C18H20ClNO4S/c1-23-13-7-3-5-11(17(13)24-2)16(14-8-9-15(19)25-14)20-10-4-6-12(20)18(21)22/h3,5,7-9,12,16H,4,6,10H2,1-2H3,(H,21,22). The first-order chi connectivity index (χ1) is 12.1. The Hall–Kier alpha value is -1.76. The Morgan fingerprint density at radius 3 is 2.72 bits per heavy atom. The molecule has 1 fully saturated rings. The molecule has 0 spiro atoms. The van der Waals surface area contributed by atoms with Gasteiger partial charge < -0.3 is 14.6 Å². The minimum atomic E-state index is -0.799. The number of rotatable bonds is 6. The number of carbonyl (C=O) groups is 1. The minimum Gasteiger partial charge on any atom is -0.493 e. The second-order valence-electron chi connectivity index (χ2n) is 5.86. The SMILES string of the molecule is COc1cccc(C(c2ccc(Cl)s2)N2CCCC2C(=O)O)c1OC. The molecule has 2 heterocycles. The second-order valence-corrected chi connectivity index (χ2v) is 7.61. The minimum absolute atomic E-state index is 0.244. The predicted octanol–water partition coefficient (Wildman–Crippen LogP) is 4.06. The zero-order chi connectivity index (χ0) is 18.0. The van der Waals surface area contributed by atoms with Crippen molar-refractivity contribution < 1.29 is 19.4 Å². The molecule has 1 aromatic carbocycles. The number of carboxylic acid groups (broad SMARTS) is 1. The molecule has 134 valence electrons. The predicted molar refractivity (Wildman–Crippen MR) is 98.1 cm³/mol. The molecule has 1 saturated heterocycles. The highest BCUT2D eigenvalue weighted by molar-refractivity contribution is 7.16. The van der Waals surface area contributed by atoms with Crippen molar-refractivity contribution in [3.63, 3.8) is 0 Å². The van der Waals surface area contributed by atoms with Crippen LogP contribution < -0.4 is 9.47 Å². The molecule has 0 aliphatic carbocycles. The Kier molecular flexibility index (Phi) is 5.51. The van der Waals surface area contributed by atoms with Crippen LogP contribution in [0.5, 0.6) is 11.5 Å². The van der Waals surface area contributed by atoms with Gasteiger partial charge in [-0.3, -0.25) is 9.69 Å². The summed E-state index contributed by atoms with van der Waals surface area (Å²) in [4.78, 5) is 14.7. The van der Waals surface area contributed by atoms with E-state index in [4.69, 9.17) is 21.1 Å². The molecule has 1 aliphatic heterocycles. The summed E-state index contributed by atoms with van der Waals surface area (Å²) < 4.78 is 11.7. The van der Waals surface area contributed by atoms with E-state index in [0.717, 1.165) is 16.9 Å². The van der Waals surface area contributed by atoms with Crippen LogP contribution >= 0.6 is 22.9 Å². The average Bonchev–Trinajstić information content (AvgIpc) is 3.24. The average molecular weight is 382 g/mol. The van der Waals surface area contributed by atoms with E-state index in [-0.39, 0.29) is 6.04 Å². The number of carboxylic acids is 1. The number of methoxy groups -OCH3 is 2. The maximum Gasteiger partial charge on any atom is 0.320 e. The molecular formula is C18H20ClNO4S. The fourth-order valence-corrected chi connectivity index (χ4v) is 4.66. The Morgan fingerprint density at radius 2 is 2.12 bits per heavy atom. The van der Waals surface area contributed by atoms with Gasteiger partial charge in [0, 0.05) is 17.0 Å². The molecule has 1 aromatic heterocycles. The summed E-state index contributed by atoms with van der Waals surface area (Å²) in [6, 6.07) is 8.70. The van der Waals surface area contributed by atoms with E-state index in [1.54, 1.807) is 14.2 Å². The fourth-order valence-electron chi connectivity index (χ4n) is 3.46. The molecule has 1 aliphatic rings. The molecule has 7 heteroatoms. The normalized spacial score (nSPS) is 18.9. The summed E-state index contributed by atoms with van der Waals surface area (Å²) in [7, 11) is 3.19. The van der Waals surface area contributed by atoms with Gasteiger partial charge in [-0.25, -0.2) is 0 Å². The monoisotopic (exact) mass is 381 g/mol. The third-order valence-corrected chi connectivity index (χ3v) is 5.79. The number of para-hydroxylation sites is 1. The molecule has 0 radical (unpaired) electrons. The van der Waals surface area contributed by atoms with Crippen molar-refractivity contribution in [2.45, 2.75) is 24.9 Å². The molecule has 3 rings (SSSR count). The number of aliphatic carboxylic acids is 1. The Bertz CT molecular complexity index is 763. The zero-order valence-corrected chi connectivity index (χ0v) is 15.6. The Labute approximate surface area is 155 Å². The molecule has 0 saturated carbocycles. The number of hydrogen-bond donors (Lipinski definition) is 1. The van der Waals surface area contributed by atoms with Crippen LogP contribution in [0.1, 0.15) is 29.3 Å². The smallest absolute Gasteiger partial charge is 0.320 e. The molecule has 25 heavy (non-hydrogen) atoms. The van der Waals surface area contributed by atoms with Gasteiger partial charge >= 0.3 is 5.97 Å². The van der Waals surface area contributed by atoms with Gasteiger partial charge in [0.2, 0.25) is 0 Å². The fraction of sp³-hybridized carbons (Fsp3) is 0.389. The van der Waals surface area contributed by atoms with E-state index < -0.39 is 12.0 Å². The number of thiophene rings is 1. The number of likely N-dealkylation sites (tertiary alicyclic amines) is 1. The van der Waals surface area contributed by atoms with E-state index in [1.807, 2.05) is 35.2 Å². The summed E-state index contributed by atoms with van der Waals surface area (Å²) in [5.41, 5.74) is 0.883. The first-order valence-corrected chi connectivity index (χ1v) is 9.21. The van der Waals surface area contributed by atoms with Crippen molar-refractivity contribution >= 4 is 28.9 Å². The van der Waals surface area contributed by atoms with Crippen LogP contribution in [0, 0.1) is 0 Å². The van der Waals surface area contributed by atoms with Crippen LogP contribution in [-0.4, -0.2) is 42.8 Å². The van der Waals surface area contributed by atoms with Gasteiger partial charge in [0.05, 0.1) is 24.6 Å². The third-order valence-electron chi connectivity index (χ3n) is 4.50. The van der Waals surface area contributed by atoms with Crippen LogP contribution in [0.15, 0.2) is 30.3 Å². The lowest BCUT2D eigenvalue weighted by atomic mass is 10.0. The van der Waals surface area contributed by atoms with Crippen LogP contribution in [-0.2, 0) is 4.79 Å². The van der Waals surface area contributed by atoms with Gasteiger partial charge in [-0.1, -0.05) is 23.7 Å². The topological polar surface area (TPSA) is 59.0 Å². The highest BCUT2D eigenvalue weighted by atomic mass is 35.5. The van der Waals surface area contributed by atoms with Gasteiger partial charge in [0.1, 0.15) is 6.04 Å². The van der Waals surface area contributed by atoms with Crippen LogP contribution in [0.25, 0.3) is 0 Å². The van der Waals surface area contributed by atoms with Gasteiger partial charge in [-0.15, -0.1) is 11.3 Å². The first-order valence-electron chi connectivity index (χ1n) is 8.01.